The number of benzene rings is 6. The molecule has 0 radical (unpaired) electrons. The van der Waals surface area contributed by atoms with Gasteiger partial charge in [0, 0.05) is 47.6 Å². The van der Waals surface area contributed by atoms with Gasteiger partial charge >= 0.3 is 0 Å². The second-order valence-corrected chi connectivity index (χ2v) is 13.1. The van der Waals surface area contributed by atoms with Crippen LogP contribution < -0.4 is 9.80 Å². The van der Waals surface area contributed by atoms with Crippen molar-refractivity contribution in [3.05, 3.63) is 213 Å². The summed E-state index contributed by atoms with van der Waals surface area (Å²) in [7, 11) is 0. The van der Waals surface area contributed by atoms with E-state index >= 15 is 0 Å². The summed E-state index contributed by atoms with van der Waals surface area (Å²) in [5.41, 5.74) is 11.7. The Morgan fingerprint density at radius 3 is 1.08 bits per heavy atom. The summed E-state index contributed by atoms with van der Waals surface area (Å²) >= 11 is 12.6. The third-order valence-corrected chi connectivity index (χ3v) is 9.51. The average Bonchev–Trinajstić information content (AvgIpc) is 3.16. The number of hydrogen-bond acceptors (Lipinski definition) is 2. The Kier molecular flexibility index (Phi) is 11.9. The first kappa shape index (κ1) is 34.8. The minimum Gasteiger partial charge on any atom is -0.372 e. The number of nitrogens with zero attached hydrogens (tertiary/aromatic N) is 2. The molecule has 4 heteroatoms. The predicted octanol–water partition coefficient (Wildman–Crippen LogP) is 12.6. The van der Waals surface area contributed by atoms with E-state index in [0.717, 1.165) is 59.6 Å². The summed E-state index contributed by atoms with van der Waals surface area (Å²) < 4.78 is 0. The summed E-state index contributed by atoms with van der Waals surface area (Å²) in [6, 6.07) is 55.3. The molecule has 0 fully saturated rings. The molecule has 6 rings (SSSR count). The largest absolute Gasteiger partial charge is 0.372 e. The van der Waals surface area contributed by atoms with Crippen molar-refractivity contribution in [2.24, 2.45) is 0 Å². The van der Waals surface area contributed by atoms with E-state index in [4.69, 9.17) is 23.2 Å². The molecular weight excluding hydrogens is 651 g/mol. The molecule has 0 spiro atoms. The minimum absolute atomic E-state index is 0.711. The van der Waals surface area contributed by atoms with Crippen LogP contribution in [-0.4, -0.2) is 13.1 Å². The third kappa shape index (κ3) is 8.95. The Hall–Kier alpha value is -5.02. The standard InChI is InChI=1S/C46H42Cl2N2/c1-3-49(4-2)43-27-19-39(20-28-43)46(32-31-45(37-15-23-41(47)24-16-37)38-17-25-42(48)26-18-38)40-21-29-44(30-22-40)50(33-35-11-7-5-8-12-35)34-36-13-9-6-10-14-36/h5-32H,3-4,33-34H2,1-2H3. The Balaban J connectivity index is 1.42. The van der Waals surface area contributed by atoms with Gasteiger partial charge in [0.1, 0.15) is 0 Å². The first-order valence-electron chi connectivity index (χ1n) is 17.2. The lowest BCUT2D eigenvalue weighted by molar-refractivity contribution is 0.800. The highest BCUT2D eigenvalue weighted by atomic mass is 35.5. The van der Waals surface area contributed by atoms with Gasteiger partial charge in [-0.1, -0.05) is 145 Å². The molecule has 6 aromatic rings. The molecule has 0 saturated carbocycles. The van der Waals surface area contributed by atoms with Crippen molar-refractivity contribution in [3.63, 3.8) is 0 Å². The Bertz CT molecular complexity index is 1910. The van der Waals surface area contributed by atoms with Gasteiger partial charge in [0.25, 0.3) is 0 Å². The second-order valence-electron chi connectivity index (χ2n) is 12.3. The molecule has 0 N–H and O–H groups in total. The van der Waals surface area contributed by atoms with Gasteiger partial charge in [0.05, 0.1) is 0 Å². The quantitative estimate of drug-likeness (QED) is 0.111. The summed E-state index contributed by atoms with van der Waals surface area (Å²) in [5.74, 6) is 0. The molecule has 0 aliphatic heterocycles. The van der Waals surface area contributed by atoms with E-state index in [9.17, 15) is 0 Å². The molecule has 0 heterocycles. The molecule has 6 aromatic carbocycles. The Labute approximate surface area is 307 Å². The van der Waals surface area contributed by atoms with Gasteiger partial charge in [-0.05, 0) is 107 Å². The number of anilines is 2. The van der Waals surface area contributed by atoms with Gasteiger partial charge < -0.3 is 9.80 Å². The average molecular weight is 694 g/mol. The fraction of sp³-hybridized carbons (Fsp3) is 0.130. The van der Waals surface area contributed by atoms with Gasteiger partial charge in [0.15, 0.2) is 0 Å². The molecule has 0 aliphatic rings. The van der Waals surface area contributed by atoms with Crippen LogP contribution in [0.5, 0.6) is 0 Å². The normalized spacial score (nSPS) is 11.2. The van der Waals surface area contributed by atoms with E-state index in [2.05, 4.69) is 169 Å². The smallest absolute Gasteiger partial charge is 0.0433 e. The van der Waals surface area contributed by atoms with Crippen molar-refractivity contribution in [1.82, 2.24) is 0 Å². The molecule has 0 aliphatic carbocycles. The number of halogens is 2. The molecule has 0 saturated heterocycles. The van der Waals surface area contributed by atoms with E-state index in [0.29, 0.717) is 10.0 Å². The maximum Gasteiger partial charge on any atom is 0.0433 e. The molecule has 0 amide bonds. The number of allylic oxidation sites excluding steroid dienone is 2. The molecule has 250 valence electrons. The monoisotopic (exact) mass is 692 g/mol. The highest BCUT2D eigenvalue weighted by Gasteiger charge is 2.13. The maximum absolute atomic E-state index is 6.30. The summed E-state index contributed by atoms with van der Waals surface area (Å²) in [5, 5.41) is 1.42. The van der Waals surface area contributed by atoms with E-state index in [1.165, 1.54) is 22.5 Å². The topological polar surface area (TPSA) is 6.48 Å². The zero-order valence-electron chi connectivity index (χ0n) is 28.6. The Morgan fingerprint density at radius 2 is 0.740 bits per heavy atom. The summed E-state index contributed by atoms with van der Waals surface area (Å²) in [4.78, 5) is 4.81. The van der Waals surface area contributed by atoms with Gasteiger partial charge in [-0.25, -0.2) is 0 Å². The van der Waals surface area contributed by atoms with E-state index < -0.39 is 0 Å². The molecule has 0 unspecified atom stereocenters. The molecule has 50 heavy (non-hydrogen) atoms. The highest BCUT2D eigenvalue weighted by molar-refractivity contribution is 6.31. The summed E-state index contributed by atoms with van der Waals surface area (Å²) in [6.07, 6.45) is 4.46. The molecule has 2 nitrogen and oxygen atoms in total. The van der Waals surface area contributed by atoms with Crippen molar-refractivity contribution < 1.29 is 0 Å². The van der Waals surface area contributed by atoms with Gasteiger partial charge in [0.2, 0.25) is 0 Å². The third-order valence-electron chi connectivity index (χ3n) is 9.01. The minimum atomic E-state index is 0.711. The van der Waals surface area contributed by atoms with Crippen LogP contribution >= 0.6 is 23.2 Å². The first-order chi connectivity index (χ1) is 24.5. The fourth-order valence-corrected chi connectivity index (χ4v) is 6.53. The molecule has 0 aromatic heterocycles. The van der Waals surface area contributed by atoms with Crippen molar-refractivity contribution in [3.8, 4) is 0 Å². The van der Waals surface area contributed by atoms with Crippen LogP contribution in [0.1, 0.15) is 47.2 Å². The van der Waals surface area contributed by atoms with Crippen molar-refractivity contribution in [2.75, 3.05) is 22.9 Å². The Morgan fingerprint density at radius 1 is 0.420 bits per heavy atom. The fourth-order valence-electron chi connectivity index (χ4n) is 6.28. The molecule has 0 bridgehead atoms. The first-order valence-corrected chi connectivity index (χ1v) is 18.0. The number of hydrogen-bond donors (Lipinski definition) is 0. The van der Waals surface area contributed by atoms with Crippen LogP contribution in [0.4, 0.5) is 11.4 Å². The van der Waals surface area contributed by atoms with Crippen LogP contribution in [-0.2, 0) is 13.1 Å². The summed E-state index contributed by atoms with van der Waals surface area (Å²) in [6.45, 7) is 7.97. The van der Waals surface area contributed by atoms with Crippen molar-refractivity contribution in [1.29, 1.82) is 0 Å². The molecular formula is C46H42Cl2N2. The van der Waals surface area contributed by atoms with Crippen LogP contribution in [0.25, 0.3) is 11.1 Å². The van der Waals surface area contributed by atoms with Gasteiger partial charge in [-0.3, -0.25) is 0 Å². The van der Waals surface area contributed by atoms with Crippen LogP contribution in [0, 0.1) is 0 Å². The van der Waals surface area contributed by atoms with E-state index in [1.807, 2.05) is 24.3 Å². The van der Waals surface area contributed by atoms with Crippen molar-refractivity contribution >= 4 is 45.7 Å². The van der Waals surface area contributed by atoms with Crippen LogP contribution in [0.3, 0.4) is 0 Å². The SMILES string of the molecule is CCN(CC)c1ccc(C(=CC=C(c2ccc(Cl)cc2)c2ccc(Cl)cc2)c2ccc(N(Cc3ccccc3)Cc3ccccc3)cc2)cc1. The van der Waals surface area contributed by atoms with Crippen LogP contribution in [0.15, 0.2) is 170 Å². The molecule has 0 atom stereocenters. The maximum atomic E-state index is 6.30. The lowest BCUT2D eigenvalue weighted by atomic mass is 9.93. The van der Waals surface area contributed by atoms with E-state index in [1.54, 1.807) is 0 Å². The van der Waals surface area contributed by atoms with Gasteiger partial charge in [-0.2, -0.15) is 0 Å². The van der Waals surface area contributed by atoms with Crippen LogP contribution in [0.2, 0.25) is 10.0 Å². The van der Waals surface area contributed by atoms with Gasteiger partial charge in [-0.15, -0.1) is 0 Å². The zero-order chi connectivity index (χ0) is 34.7. The lowest BCUT2D eigenvalue weighted by Gasteiger charge is -2.26. The van der Waals surface area contributed by atoms with E-state index in [-0.39, 0.29) is 0 Å². The number of rotatable bonds is 13. The predicted molar refractivity (Wildman–Crippen MR) is 216 cm³/mol. The van der Waals surface area contributed by atoms with Crippen molar-refractivity contribution in [2.45, 2.75) is 26.9 Å². The highest BCUT2D eigenvalue weighted by Crippen LogP contribution is 2.32. The second kappa shape index (κ2) is 17.1. The lowest BCUT2D eigenvalue weighted by Crippen LogP contribution is -2.22. The zero-order valence-corrected chi connectivity index (χ0v) is 30.2.